The zero-order chi connectivity index (χ0) is 16.4. The van der Waals surface area contributed by atoms with Gasteiger partial charge in [-0.05, 0) is 31.0 Å². The molecule has 2 heterocycles. The van der Waals surface area contributed by atoms with Crippen molar-refractivity contribution in [2.24, 2.45) is 0 Å². The Hall–Kier alpha value is -1.60. The van der Waals surface area contributed by atoms with Crippen LogP contribution in [-0.4, -0.2) is 42.6 Å². The van der Waals surface area contributed by atoms with Crippen LogP contribution in [0.25, 0.3) is 10.9 Å². The number of rotatable bonds is 4. The lowest BCUT2D eigenvalue weighted by Gasteiger charge is -2.11. The number of amides is 1. The highest BCUT2D eigenvalue weighted by atomic mass is 32.2. The molecule has 1 aliphatic rings. The molecule has 0 radical (unpaired) electrons. The van der Waals surface area contributed by atoms with E-state index in [1.807, 2.05) is 37.3 Å². The van der Waals surface area contributed by atoms with Crippen molar-refractivity contribution in [2.75, 3.05) is 17.3 Å². The number of thioether (sulfide) groups is 1. The average molecular weight is 350 g/mol. The quantitative estimate of drug-likeness (QED) is 0.853. The molecule has 1 aromatic carbocycles. The lowest BCUT2D eigenvalue weighted by Crippen LogP contribution is -2.36. The number of hydrogen-bond donors (Lipinski definition) is 1. The van der Waals surface area contributed by atoms with Gasteiger partial charge in [0.1, 0.15) is 0 Å². The molecule has 1 fully saturated rings. The number of para-hydroxylation sites is 1. The van der Waals surface area contributed by atoms with Gasteiger partial charge >= 0.3 is 0 Å². The molecule has 23 heavy (non-hydrogen) atoms. The second kappa shape index (κ2) is 6.49. The van der Waals surface area contributed by atoms with Gasteiger partial charge in [-0.15, -0.1) is 0 Å². The van der Waals surface area contributed by atoms with Crippen LogP contribution in [0, 0.1) is 6.92 Å². The van der Waals surface area contributed by atoms with Gasteiger partial charge in [0, 0.05) is 11.4 Å². The first-order valence-corrected chi connectivity index (χ1v) is 10.2. The monoisotopic (exact) mass is 350 g/mol. The smallest absolute Gasteiger partial charge is 0.230 e. The van der Waals surface area contributed by atoms with E-state index in [-0.39, 0.29) is 29.2 Å². The van der Waals surface area contributed by atoms with Gasteiger partial charge in [-0.25, -0.2) is 13.4 Å². The standard InChI is InChI=1S/C16H18N2O3S2/c1-11-8-16(18-14-5-3-2-4-13(11)14)22-9-15(19)17-12-6-7-23(20,21)10-12/h2-5,8,12H,6-7,9-10H2,1H3,(H,17,19)/t12-/m0/s1. The summed E-state index contributed by atoms with van der Waals surface area (Å²) in [4.78, 5) is 16.5. The Balaban J connectivity index is 1.61. The number of sulfone groups is 1. The highest BCUT2D eigenvalue weighted by molar-refractivity contribution is 7.99. The van der Waals surface area contributed by atoms with Crippen LogP contribution in [-0.2, 0) is 14.6 Å². The maximum absolute atomic E-state index is 12.0. The molecular weight excluding hydrogens is 332 g/mol. The van der Waals surface area contributed by atoms with Crippen LogP contribution in [0.1, 0.15) is 12.0 Å². The lowest BCUT2D eigenvalue weighted by atomic mass is 10.1. The van der Waals surface area contributed by atoms with Crippen molar-refractivity contribution in [1.82, 2.24) is 10.3 Å². The zero-order valence-corrected chi connectivity index (χ0v) is 14.4. The third kappa shape index (κ3) is 4.03. The van der Waals surface area contributed by atoms with Gasteiger partial charge in [0.2, 0.25) is 5.91 Å². The number of nitrogens with one attached hydrogen (secondary N) is 1. The molecule has 0 spiro atoms. The molecule has 1 aliphatic heterocycles. The first-order chi connectivity index (χ1) is 10.9. The number of carbonyl (C=O) groups is 1. The highest BCUT2D eigenvalue weighted by Gasteiger charge is 2.28. The third-order valence-corrected chi connectivity index (χ3v) is 6.53. The van der Waals surface area contributed by atoms with Crippen LogP contribution in [0.3, 0.4) is 0 Å². The molecule has 2 aromatic rings. The van der Waals surface area contributed by atoms with E-state index in [4.69, 9.17) is 0 Å². The van der Waals surface area contributed by atoms with Crippen molar-refractivity contribution in [3.8, 4) is 0 Å². The predicted molar refractivity (Wildman–Crippen MR) is 92.4 cm³/mol. The summed E-state index contributed by atoms with van der Waals surface area (Å²) in [5.74, 6) is 0.305. The number of carbonyl (C=O) groups excluding carboxylic acids is 1. The normalized spacial score (nSPS) is 19.8. The average Bonchev–Trinajstić information content (AvgIpc) is 2.84. The fourth-order valence-corrected chi connectivity index (χ4v) is 5.17. The lowest BCUT2D eigenvalue weighted by molar-refractivity contribution is -0.119. The van der Waals surface area contributed by atoms with E-state index in [0.717, 1.165) is 21.5 Å². The molecule has 0 saturated carbocycles. The summed E-state index contributed by atoms with van der Waals surface area (Å²) in [7, 11) is -2.97. The minimum atomic E-state index is -2.97. The van der Waals surface area contributed by atoms with Crippen LogP contribution in [0.15, 0.2) is 35.4 Å². The summed E-state index contributed by atoms with van der Waals surface area (Å²) < 4.78 is 22.8. The number of fused-ring (bicyclic) bond motifs is 1. The minimum absolute atomic E-state index is 0.0523. The van der Waals surface area contributed by atoms with Gasteiger partial charge in [0.15, 0.2) is 9.84 Å². The van der Waals surface area contributed by atoms with E-state index < -0.39 is 9.84 Å². The molecule has 0 bridgehead atoms. The van der Waals surface area contributed by atoms with E-state index in [0.29, 0.717) is 6.42 Å². The van der Waals surface area contributed by atoms with Crippen molar-refractivity contribution in [3.05, 3.63) is 35.9 Å². The second-order valence-electron chi connectivity index (χ2n) is 5.75. The predicted octanol–water partition coefficient (Wildman–Crippen LogP) is 1.94. The largest absolute Gasteiger partial charge is 0.352 e. The molecule has 5 nitrogen and oxygen atoms in total. The molecule has 0 unspecified atom stereocenters. The second-order valence-corrected chi connectivity index (χ2v) is 8.98. The van der Waals surface area contributed by atoms with E-state index in [2.05, 4.69) is 10.3 Å². The molecule has 3 rings (SSSR count). The fraction of sp³-hybridized carbons (Fsp3) is 0.375. The van der Waals surface area contributed by atoms with E-state index in [1.165, 1.54) is 11.8 Å². The number of benzene rings is 1. The van der Waals surface area contributed by atoms with Crippen molar-refractivity contribution in [3.63, 3.8) is 0 Å². The van der Waals surface area contributed by atoms with Crippen LogP contribution in [0.5, 0.6) is 0 Å². The van der Waals surface area contributed by atoms with Crippen molar-refractivity contribution >= 4 is 38.4 Å². The van der Waals surface area contributed by atoms with E-state index in [9.17, 15) is 13.2 Å². The summed E-state index contributed by atoms with van der Waals surface area (Å²) >= 11 is 1.37. The molecule has 1 aromatic heterocycles. The summed E-state index contributed by atoms with van der Waals surface area (Å²) in [5, 5.41) is 4.70. The van der Waals surface area contributed by atoms with Crippen LogP contribution in [0.2, 0.25) is 0 Å². The molecular formula is C16H18N2O3S2. The maximum Gasteiger partial charge on any atom is 0.230 e. The van der Waals surface area contributed by atoms with Gasteiger partial charge < -0.3 is 5.32 Å². The molecule has 7 heteroatoms. The van der Waals surface area contributed by atoms with E-state index in [1.54, 1.807) is 0 Å². The zero-order valence-electron chi connectivity index (χ0n) is 12.8. The molecule has 1 atom stereocenters. The van der Waals surface area contributed by atoms with Gasteiger partial charge in [-0.2, -0.15) is 0 Å². The number of nitrogens with zero attached hydrogens (tertiary/aromatic N) is 1. The first-order valence-electron chi connectivity index (χ1n) is 7.42. The van der Waals surface area contributed by atoms with Gasteiger partial charge in [-0.1, -0.05) is 30.0 Å². The SMILES string of the molecule is Cc1cc(SCC(=O)N[C@H]2CCS(=O)(=O)C2)nc2ccccc12. The number of aromatic nitrogens is 1. The molecule has 1 saturated heterocycles. The third-order valence-electron chi connectivity index (χ3n) is 3.85. The highest BCUT2D eigenvalue weighted by Crippen LogP contribution is 2.23. The van der Waals surface area contributed by atoms with Crippen LogP contribution >= 0.6 is 11.8 Å². The van der Waals surface area contributed by atoms with Crippen molar-refractivity contribution < 1.29 is 13.2 Å². The molecule has 1 N–H and O–H groups in total. The molecule has 122 valence electrons. The van der Waals surface area contributed by atoms with E-state index >= 15 is 0 Å². The van der Waals surface area contributed by atoms with Gasteiger partial charge in [0.25, 0.3) is 0 Å². The minimum Gasteiger partial charge on any atom is -0.352 e. The molecule has 0 aliphatic carbocycles. The number of aryl methyl sites for hydroxylation is 1. The van der Waals surface area contributed by atoms with Gasteiger partial charge in [-0.3, -0.25) is 4.79 Å². The Morgan fingerprint density at radius 1 is 1.39 bits per heavy atom. The Bertz CT molecular complexity index is 850. The summed E-state index contributed by atoms with van der Waals surface area (Å²) in [5.41, 5.74) is 2.04. The fourth-order valence-electron chi connectivity index (χ4n) is 2.71. The Morgan fingerprint density at radius 3 is 2.91 bits per heavy atom. The number of pyridine rings is 1. The topological polar surface area (TPSA) is 76.1 Å². The maximum atomic E-state index is 12.0. The Labute approximate surface area is 139 Å². The molecule has 1 amide bonds. The van der Waals surface area contributed by atoms with Gasteiger partial charge in [0.05, 0.1) is 27.8 Å². The summed E-state index contributed by atoms with van der Waals surface area (Å²) in [6.45, 7) is 2.03. The van der Waals surface area contributed by atoms with Crippen molar-refractivity contribution in [2.45, 2.75) is 24.4 Å². The number of hydrogen-bond acceptors (Lipinski definition) is 5. The van der Waals surface area contributed by atoms with Crippen molar-refractivity contribution in [1.29, 1.82) is 0 Å². The first kappa shape index (κ1) is 16.3. The van der Waals surface area contributed by atoms with Crippen LogP contribution in [0.4, 0.5) is 0 Å². The van der Waals surface area contributed by atoms with Crippen LogP contribution < -0.4 is 5.32 Å². The Morgan fingerprint density at radius 2 is 2.17 bits per heavy atom. The summed E-state index contributed by atoms with van der Waals surface area (Å²) in [6, 6.07) is 9.62. The Kier molecular flexibility index (Phi) is 4.59. The summed E-state index contributed by atoms with van der Waals surface area (Å²) in [6.07, 6.45) is 0.506.